The SMILES string of the molecule is CC(=O)C(C)C(=N)N. The summed E-state index contributed by atoms with van der Waals surface area (Å²) in [7, 11) is 0. The van der Waals surface area contributed by atoms with Crippen LogP contribution in [0.25, 0.3) is 0 Å². The lowest BCUT2D eigenvalue weighted by Gasteiger charge is -2.01. The van der Waals surface area contributed by atoms with Gasteiger partial charge in [-0.25, -0.2) is 0 Å². The zero-order valence-corrected chi connectivity index (χ0v) is 5.06. The van der Waals surface area contributed by atoms with Gasteiger partial charge in [0.05, 0.1) is 5.92 Å². The van der Waals surface area contributed by atoms with Gasteiger partial charge in [-0.2, -0.15) is 0 Å². The molecule has 46 valence electrons. The number of hydrogen-bond acceptors (Lipinski definition) is 2. The molecule has 0 saturated heterocycles. The minimum absolute atomic E-state index is 0.0579. The molecule has 0 heterocycles. The van der Waals surface area contributed by atoms with Crippen molar-refractivity contribution in [1.29, 1.82) is 5.41 Å². The first-order chi connectivity index (χ1) is 3.55. The maximum absolute atomic E-state index is 10.4. The van der Waals surface area contributed by atoms with Gasteiger partial charge < -0.3 is 5.73 Å². The first kappa shape index (κ1) is 7.14. The van der Waals surface area contributed by atoms with Crippen molar-refractivity contribution in [3.63, 3.8) is 0 Å². The summed E-state index contributed by atoms with van der Waals surface area (Å²) in [6.45, 7) is 3.04. The molecular formula is C5H10N2O. The highest BCUT2D eigenvalue weighted by Crippen LogP contribution is 1.92. The third-order valence-corrected chi connectivity index (χ3v) is 1.08. The van der Waals surface area contributed by atoms with Gasteiger partial charge in [0.2, 0.25) is 0 Å². The van der Waals surface area contributed by atoms with Gasteiger partial charge in [-0.15, -0.1) is 0 Å². The van der Waals surface area contributed by atoms with E-state index in [0.717, 1.165) is 0 Å². The number of carbonyl (C=O) groups excluding carboxylic acids is 1. The maximum Gasteiger partial charge on any atom is 0.140 e. The van der Waals surface area contributed by atoms with Gasteiger partial charge in [-0.05, 0) is 13.8 Å². The molecule has 0 aliphatic carbocycles. The summed E-state index contributed by atoms with van der Waals surface area (Å²) in [5, 5.41) is 6.79. The van der Waals surface area contributed by atoms with Crippen LogP contribution in [0.2, 0.25) is 0 Å². The molecule has 0 saturated carbocycles. The van der Waals surface area contributed by atoms with Gasteiger partial charge >= 0.3 is 0 Å². The first-order valence-corrected chi connectivity index (χ1v) is 2.40. The molecule has 0 amide bonds. The van der Waals surface area contributed by atoms with Crippen molar-refractivity contribution >= 4 is 11.6 Å². The fourth-order valence-electron chi connectivity index (χ4n) is 0.219. The Morgan fingerprint density at radius 3 is 2.12 bits per heavy atom. The molecule has 0 aliphatic rings. The molecule has 0 aromatic carbocycles. The number of amidine groups is 1. The first-order valence-electron chi connectivity index (χ1n) is 2.40. The number of Topliss-reactive ketones (excluding diaryl/α,β-unsaturated/α-hetero) is 1. The number of ketones is 1. The minimum Gasteiger partial charge on any atom is -0.387 e. The number of hydrogen-bond donors (Lipinski definition) is 2. The molecule has 1 atom stereocenters. The van der Waals surface area contributed by atoms with Gasteiger partial charge in [-0.3, -0.25) is 10.2 Å². The van der Waals surface area contributed by atoms with Crippen molar-refractivity contribution < 1.29 is 4.79 Å². The Balaban J connectivity index is 3.83. The van der Waals surface area contributed by atoms with E-state index in [1.54, 1.807) is 6.92 Å². The van der Waals surface area contributed by atoms with Crippen LogP contribution in [0.15, 0.2) is 0 Å². The van der Waals surface area contributed by atoms with Crippen LogP contribution in [0.4, 0.5) is 0 Å². The summed E-state index contributed by atoms with van der Waals surface area (Å²) < 4.78 is 0. The summed E-state index contributed by atoms with van der Waals surface area (Å²) >= 11 is 0. The lowest BCUT2D eigenvalue weighted by molar-refractivity contribution is -0.118. The Bertz CT molecular complexity index is 106. The van der Waals surface area contributed by atoms with Crippen molar-refractivity contribution in [1.82, 2.24) is 0 Å². The molecule has 0 rings (SSSR count). The predicted octanol–water partition coefficient (Wildman–Crippen LogP) is 0.147. The summed E-state index contributed by atoms with van der Waals surface area (Å²) in [5.74, 6) is -0.523. The van der Waals surface area contributed by atoms with Crippen molar-refractivity contribution in [3.05, 3.63) is 0 Å². The van der Waals surface area contributed by atoms with Gasteiger partial charge in [-0.1, -0.05) is 0 Å². The molecule has 3 N–H and O–H groups in total. The second kappa shape index (κ2) is 2.45. The fourth-order valence-corrected chi connectivity index (χ4v) is 0.219. The normalized spacial score (nSPS) is 12.8. The van der Waals surface area contributed by atoms with Crippen LogP contribution in [-0.2, 0) is 4.79 Å². The Morgan fingerprint density at radius 2 is 2.12 bits per heavy atom. The molecule has 1 unspecified atom stereocenters. The standard InChI is InChI=1S/C5H10N2O/c1-3(4(2)8)5(6)7/h3H,1-2H3,(H3,6,7). The Kier molecular flexibility index (Phi) is 2.19. The third kappa shape index (κ3) is 1.73. The molecule has 0 radical (unpaired) electrons. The van der Waals surface area contributed by atoms with E-state index in [2.05, 4.69) is 0 Å². The second-order valence-electron chi connectivity index (χ2n) is 1.79. The molecular weight excluding hydrogens is 104 g/mol. The van der Waals surface area contributed by atoms with Crippen molar-refractivity contribution in [2.75, 3.05) is 0 Å². The van der Waals surface area contributed by atoms with Crippen molar-refractivity contribution in [3.8, 4) is 0 Å². The van der Waals surface area contributed by atoms with Crippen LogP contribution in [0.5, 0.6) is 0 Å². The van der Waals surface area contributed by atoms with Crippen LogP contribution in [0.1, 0.15) is 13.8 Å². The average molecular weight is 114 g/mol. The molecule has 0 aromatic rings. The Morgan fingerprint density at radius 1 is 1.75 bits per heavy atom. The third-order valence-electron chi connectivity index (χ3n) is 1.08. The zero-order valence-electron chi connectivity index (χ0n) is 5.06. The van der Waals surface area contributed by atoms with Crippen LogP contribution in [0.3, 0.4) is 0 Å². The number of nitrogens with one attached hydrogen (secondary N) is 1. The van der Waals surface area contributed by atoms with Crippen molar-refractivity contribution in [2.24, 2.45) is 11.7 Å². The van der Waals surface area contributed by atoms with E-state index in [-0.39, 0.29) is 11.6 Å². The molecule has 3 heteroatoms. The average Bonchev–Trinajstić information content (AvgIpc) is 1.64. The Hall–Kier alpha value is -0.860. The monoisotopic (exact) mass is 114 g/mol. The number of carbonyl (C=O) groups is 1. The number of rotatable bonds is 2. The lowest BCUT2D eigenvalue weighted by Crippen LogP contribution is -2.25. The van der Waals surface area contributed by atoms with E-state index >= 15 is 0 Å². The molecule has 3 nitrogen and oxygen atoms in total. The van der Waals surface area contributed by atoms with E-state index in [1.807, 2.05) is 0 Å². The molecule has 0 spiro atoms. The van der Waals surface area contributed by atoms with Gasteiger partial charge in [0.25, 0.3) is 0 Å². The van der Waals surface area contributed by atoms with E-state index in [1.165, 1.54) is 6.92 Å². The van der Waals surface area contributed by atoms with Gasteiger partial charge in [0.15, 0.2) is 0 Å². The molecule has 0 fully saturated rings. The highest BCUT2D eigenvalue weighted by molar-refractivity contribution is 6.00. The summed E-state index contributed by atoms with van der Waals surface area (Å²) in [4.78, 5) is 10.4. The van der Waals surface area contributed by atoms with Crippen molar-refractivity contribution in [2.45, 2.75) is 13.8 Å². The smallest absolute Gasteiger partial charge is 0.140 e. The lowest BCUT2D eigenvalue weighted by atomic mass is 10.1. The highest BCUT2D eigenvalue weighted by Gasteiger charge is 2.08. The van der Waals surface area contributed by atoms with Crippen LogP contribution < -0.4 is 5.73 Å². The quantitative estimate of drug-likeness (QED) is 0.396. The molecule has 0 bridgehead atoms. The van der Waals surface area contributed by atoms with Gasteiger partial charge in [0.1, 0.15) is 11.6 Å². The second-order valence-corrected chi connectivity index (χ2v) is 1.79. The predicted molar refractivity (Wildman–Crippen MR) is 31.8 cm³/mol. The largest absolute Gasteiger partial charge is 0.387 e. The topological polar surface area (TPSA) is 66.9 Å². The van der Waals surface area contributed by atoms with E-state index in [9.17, 15) is 4.79 Å². The summed E-state index contributed by atoms with van der Waals surface area (Å²) in [6.07, 6.45) is 0. The minimum atomic E-state index is -0.407. The molecule has 0 aromatic heterocycles. The summed E-state index contributed by atoms with van der Waals surface area (Å²) in [6, 6.07) is 0. The maximum atomic E-state index is 10.4. The van der Waals surface area contributed by atoms with Gasteiger partial charge in [0, 0.05) is 0 Å². The van der Waals surface area contributed by atoms with E-state index < -0.39 is 5.92 Å². The van der Waals surface area contributed by atoms with E-state index in [0.29, 0.717) is 0 Å². The van der Waals surface area contributed by atoms with E-state index in [4.69, 9.17) is 11.1 Å². The summed E-state index contributed by atoms with van der Waals surface area (Å²) in [5.41, 5.74) is 5.00. The van der Waals surface area contributed by atoms with Crippen LogP contribution in [-0.4, -0.2) is 11.6 Å². The number of nitrogens with two attached hydrogens (primary N) is 1. The Labute approximate surface area is 48.4 Å². The van der Waals surface area contributed by atoms with Crippen LogP contribution >= 0.6 is 0 Å². The zero-order chi connectivity index (χ0) is 6.73. The highest BCUT2D eigenvalue weighted by atomic mass is 16.1. The fraction of sp³-hybridized carbons (Fsp3) is 0.600. The molecule has 8 heavy (non-hydrogen) atoms. The van der Waals surface area contributed by atoms with Crippen LogP contribution in [0, 0.1) is 11.3 Å². The molecule has 0 aliphatic heterocycles.